The van der Waals surface area contributed by atoms with E-state index in [1.807, 2.05) is 12.1 Å². The zero-order valence-corrected chi connectivity index (χ0v) is 14.9. The zero-order chi connectivity index (χ0) is 17.0. The van der Waals surface area contributed by atoms with E-state index in [9.17, 15) is 4.79 Å². The molecule has 2 rings (SSSR count). The first-order valence-corrected chi connectivity index (χ1v) is 8.06. The third kappa shape index (κ3) is 5.12. The van der Waals surface area contributed by atoms with E-state index in [1.54, 1.807) is 24.3 Å². The molecule has 0 aliphatic rings. The van der Waals surface area contributed by atoms with Gasteiger partial charge in [-0.3, -0.25) is 4.79 Å². The molecule has 1 N–H and O–H groups in total. The molecule has 1 amide bonds. The van der Waals surface area contributed by atoms with Gasteiger partial charge in [0.1, 0.15) is 0 Å². The Kier molecular flexibility index (Phi) is 5.51. The van der Waals surface area contributed by atoms with Crippen molar-refractivity contribution in [3.63, 3.8) is 0 Å². The predicted octanol–water partition coefficient (Wildman–Crippen LogP) is 5.94. The van der Waals surface area contributed by atoms with Crippen LogP contribution < -0.4 is 5.32 Å². The van der Waals surface area contributed by atoms with Crippen molar-refractivity contribution in [1.29, 1.82) is 0 Å². The highest BCUT2D eigenvalue weighted by Gasteiger charge is 2.12. The van der Waals surface area contributed by atoms with Gasteiger partial charge in [-0.1, -0.05) is 68.2 Å². The van der Waals surface area contributed by atoms with E-state index >= 15 is 0 Å². The van der Waals surface area contributed by atoms with E-state index in [1.165, 1.54) is 11.6 Å². The van der Waals surface area contributed by atoms with E-state index < -0.39 is 0 Å². The predicted molar refractivity (Wildman–Crippen MR) is 99.3 cm³/mol. The second-order valence-electron chi connectivity index (χ2n) is 6.32. The van der Waals surface area contributed by atoms with Crippen LogP contribution in [-0.2, 0) is 10.2 Å². The van der Waals surface area contributed by atoms with Crippen molar-refractivity contribution in [1.82, 2.24) is 0 Å². The van der Waals surface area contributed by atoms with Crippen molar-refractivity contribution >= 4 is 40.9 Å². The van der Waals surface area contributed by atoms with Gasteiger partial charge in [-0.2, -0.15) is 0 Å². The van der Waals surface area contributed by atoms with Gasteiger partial charge in [0.2, 0.25) is 5.91 Å². The molecule has 0 saturated heterocycles. The molecule has 0 spiro atoms. The Labute approximate surface area is 147 Å². The maximum atomic E-state index is 11.9. The van der Waals surface area contributed by atoms with Gasteiger partial charge < -0.3 is 5.32 Å². The molecule has 0 radical (unpaired) electrons. The van der Waals surface area contributed by atoms with Gasteiger partial charge in [-0.25, -0.2) is 0 Å². The minimum atomic E-state index is -0.219. The van der Waals surface area contributed by atoms with Crippen molar-refractivity contribution in [2.24, 2.45) is 0 Å². The fourth-order valence-electron chi connectivity index (χ4n) is 2.02. The monoisotopic (exact) mass is 347 g/mol. The molecule has 0 bridgehead atoms. The summed E-state index contributed by atoms with van der Waals surface area (Å²) in [6, 6.07) is 13.1. The highest BCUT2D eigenvalue weighted by molar-refractivity contribution is 6.42. The van der Waals surface area contributed by atoms with Crippen LogP contribution in [0.1, 0.15) is 31.9 Å². The Balaban J connectivity index is 2.02. The maximum absolute atomic E-state index is 11.9. The van der Waals surface area contributed by atoms with Crippen molar-refractivity contribution in [2.45, 2.75) is 26.2 Å². The summed E-state index contributed by atoms with van der Waals surface area (Å²) in [5.74, 6) is -0.219. The number of hydrogen-bond donors (Lipinski definition) is 1. The average molecular weight is 348 g/mol. The van der Waals surface area contributed by atoms with Gasteiger partial charge in [0.15, 0.2) is 0 Å². The molecule has 120 valence electrons. The van der Waals surface area contributed by atoms with E-state index in [2.05, 4.69) is 38.2 Å². The molecule has 2 aromatic rings. The molecule has 0 saturated carbocycles. The smallest absolute Gasteiger partial charge is 0.248 e. The fraction of sp³-hybridized carbons (Fsp3) is 0.211. The number of hydrogen-bond acceptors (Lipinski definition) is 1. The molecule has 23 heavy (non-hydrogen) atoms. The Morgan fingerprint density at radius 3 is 2.22 bits per heavy atom. The number of carbonyl (C=O) groups is 1. The molecule has 0 fully saturated rings. The number of halogens is 2. The first-order chi connectivity index (χ1) is 10.8. The molecule has 0 atom stereocenters. The lowest BCUT2D eigenvalue weighted by molar-refractivity contribution is -0.111. The lowest BCUT2D eigenvalue weighted by atomic mass is 9.87. The Hall–Kier alpha value is -1.77. The van der Waals surface area contributed by atoms with Crippen LogP contribution in [0.25, 0.3) is 6.08 Å². The van der Waals surface area contributed by atoms with Crippen LogP contribution in [-0.4, -0.2) is 5.91 Å². The van der Waals surface area contributed by atoms with Crippen LogP contribution in [0.2, 0.25) is 10.0 Å². The molecular weight excluding hydrogens is 329 g/mol. The van der Waals surface area contributed by atoms with Gasteiger partial charge in [0.25, 0.3) is 0 Å². The van der Waals surface area contributed by atoms with Crippen molar-refractivity contribution in [3.8, 4) is 0 Å². The van der Waals surface area contributed by atoms with Gasteiger partial charge in [0, 0.05) is 11.8 Å². The minimum absolute atomic E-state index is 0.119. The molecule has 2 nitrogen and oxygen atoms in total. The summed E-state index contributed by atoms with van der Waals surface area (Å²) < 4.78 is 0. The molecule has 0 heterocycles. The molecule has 0 unspecified atom stereocenters. The molecule has 0 aliphatic heterocycles. The molecule has 0 aromatic heterocycles. The fourth-order valence-corrected chi connectivity index (χ4v) is 2.32. The van der Waals surface area contributed by atoms with Crippen LogP contribution in [0, 0.1) is 0 Å². The second kappa shape index (κ2) is 7.20. The second-order valence-corrected chi connectivity index (χ2v) is 7.14. The number of anilines is 1. The van der Waals surface area contributed by atoms with Crippen LogP contribution in [0.15, 0.2) is 48.5 Å². The van der Waals surface area contributed by atoms with E-state index in [0.717, 1.165) is 5.56 Å². The Morgan fingerprint density at radius 2 is 1.65 bits per heavy atom. The highest BCUT2D eigenvalue weighted by Crippen LogP contribution is 2.25. The largest absolute Gasteiger partial charge is 0.322 e. The highest BCUT2D eigenvalue weighted by atomic mass is 35.5. The summed E-state index contributed by atoms with van der Waals surface area (Å²) in [7, 11) is 0. The van der Waals surface area contributed by atoms with Crippen molar-refractivity contribution in [3.05, 3.63) is 69.7 Å². The van der Waals surface area contributed by atoms with Crippen molar-refractivity contribution in [2.75, 3.05) is 5.32 Å². The maximum Gasteiger partial charge on any atom is 0.248 e. The van der Waals surface area contributed by atoms with Crippen LogP contribution in [0.4, 0.5) is 5.69 Å². The third-order valence-corrected chi connectivity index (χ3v) is 4.13. The van der Waals surface area contributed by atoms with E-state index in [0.29, 0.717) is 15.7 Å². The number of amides is 1. The quantitative estimate of drug-likeness (QED) is 0.683. The van der Waals surface area contributed by atoms with Gasteiger partial charge in [-0.15, -0.1) is 0 Å². The lowest BCUT2D eigenvalue weighted by Gasteiger charge is -2.18. The summed E-state index contributed by atoms with van der Waals surface area (Å²) in [4.78, 5) is 11.9. The number of rotatable bonds is 3. The van der Waals surface area contributed by atoms with Gasteiger partial charge in [-0.05, 0) is 40.8 Å². The third-order valence-electron chi connectivity index (χ3n) is 3.39. The number of benzene rings is 2. The minimum Gasteiger partial charge on any atom is -0.322 e. The summed E-state index contributed by atoms with van der Waals surface area (Å²) in [5, 5.41) is 3.61. The molecule has 0 aliphatic carbocycles. The van der Waals surface area contributed by atoms with Gasteiger partial charge >= 0.3 is 0 Å². The summed E-state index contributed by atoms with van der Waals surface area (Å²) in [5.41, 5.74) is 2.96. The summed E-state index contributed by atoms with van der Waals surface area (Å²) in [6.07, 6.45) is 3.27. The Bertz CT molecular complexity index is 728. The first-order valence-electron chi connectivity index (χ1n) is 7.30. The van der Waals surface area contributed by atoms with E-state index in [-0.39, 0.29) is 11.3 Å². The topological polar surface area (TPSA) is 29.1 Å². The normalized spacial score (nSPS) is 11.7. The van der Waals surface area contributed by atoms with Crippen LogP contribution >= 0.6 is 23.2 Å². The van der Waals surface area contributed by atoms with Crippen LogP contribution in [0.5, 0.6) is 0 Å². The Morgan fingerprint density at radius 1 is 1.00 bits per heavy atom. The molecule has 4 heteroatoms. The standard InChI is InChI=1S/C19H19Cl2NO/c1-19(2,3)14-7-4-13(5-8-14)6-11-18(23)22-15-9-10-16(20)17(21)12-15/h4-12H,1-3H3,(H,22,23). The molecular formula is C19H19Cl2NO. The van der Waals surface area contributed by atoms with E-state index in [4.69, 9.17) is 23.2 Å². The van der Waals surface area contributed by atoms with Crippen molar-refractivity contribution < 1.29 is 4.79 Å². The number of carbonyl (C=O) groups excluding carboxylic acids is 1. The zero-order valence-electron chi connectivity index (χ0n) is 13.4. The molecule has 2 aromatic carbocycles. The first kappa shape index (κ1) is 17.6. The average Bonchev–Trinajstić information content (AvgIpc) is 2.48. The lowest BCUT2D eigenvalue weighted by Crippen LogP contribution is -2.10. The summed E-state index contributed by atoms with van der Waals surface area (Å²) in [6.45, 7) is 6.51. The summed E-state index contributed by atoms with van der Waals surface area (Å²) >= 11 is 11.8. The number of nitrogens with one attached hydrogen (secondary N) is 1. The van der Waals surface area contributed by atoms with Crippen LogP contribution in [0.3, 0.4) is 0 Å². The SMILES string of the molecule is CC(C)(C)c1ccc(C=CC(=O)Nc2ccc(Cl)c(Cl)c2)cc1. The van der Waals surface area contributed by atoms with Gasteiger partial charge in [0.05, 0.1) is 10.0 Å².